The lowest BCUT2D eigenvalue weighted by atomic mass is 9.93. The van der Waals surface area contributed by atoms with Crippen molar-refractivity contribution in [1.82, 2.24) is 10.3 Å². The highest BCUT2D eigenvalue weighted by Crippen LogP contribution is 2.29. The number of aliphatic hydroxyl groups excluding tert-OH is 1. The van der Waals surface area contributed by atoms with E-state index in [1.807, 2.05) is 0 Å². The van der Waals surface area contributed by atoms with Gasteiger partial charge in [0, 0.05) is 28.8 Å². The molecular formula is C20H19FN2O3. The van der Waals surface area contributed by atoms with Crippen LogP contribution in [0.25, 0.3) is 22.2 Å². The van der Waals surface area contributed by atoms with Crippen LogP contribution in [0.1, 0.15) is 36.0 Å². The maximum atomic E-state index is 14.7. The van der Waals surface area contributed by atoms with Crippen LogP contribution in [0.5, 0.6) is 0 Å². The Labute approximate surface area is 149 Å². The molecule has 1 aliphatic rings. The molecule has 0 bridgehead atoms. The molecule has 1 aromatic carbocycles. The first-order chi connectivity index (χ1) is 12.6. The Morgan fingerprint density at radius 2 is 2.00 bits per heavy atom. The normalized spacial score (nSPS) is 20.2. The Hall–Kier alpha value is -2.73. The zero-order valence-electron chi connectivity index (χ0n) is 14.1. The molecule has 1 saturated carbocycles. The number of carbonyl (C=O) groups excluding carboxylic acids is 1. The molecule has 0 atom stereocenters. The van der Waals surface area contributed by atoms with Gasteiger partial charge in [-0.3, -0.25) is 9.78 Å². The average Bonchev–Trinajstić information content (AvgIpc) is 3.12. The predicted octanol–water partition coefficient (Wildman–Crippen LogP) is 3.67. The first kappa shape index (κ1) is 16.7. The number of benzene rings is 1. The molecule has 0 spiro atoms. The Kier molecular flexibility index (Phi) is 4.42. The Morgan fingerprint density at radius 3 is 2.77 bits per heavy atom. The summed E-state index contributed by atoms with van der Waals surface area (Å²) < 4.78 is 20.0. The third-order valence-electron chi connectivity index (χ3n) is 4.90. The smallest absolute Gasteiger partial charge is 0.251 e. The first-order valence-electron chi connectivity index (χ1n) is 8.73. The molecule has 2 heterocycles. The van der Waals surface area contributed by atoms with Crippen LogP contribution in [-0.4, -0.2) is 28.1 Å². The number of aliphatic hydroxyl groups is 1. The maximum absolute atomic E-state index is 14.7. The summed E-state index contributed by atoms with van der Waals surface area (Å²) in [6, 6.07) is 7.91. The van der Waals surface area contributed by atoms with Crippen molar-refractivity contribution >= 4 is 16.9 Å². The first-order valence-corrected chi connectivity index (χ1v) is 8.73. The van der Waals surface area contributed by atoms with Crippen LogP contribution in [0.3, 0.4) is 0 Å². The summed E-state index contributed by atoms with van der Waals surface area (Å²) in [6.07, 6.45) is 5.66. The Bertz CT molecular complexity index is 945. The van der Waals surface area contributed by atoms with Gasteiger partial charge < -0.3 is 14.8 Å². The SMILES string of the molecule is O=C(N[C@H]1CC[C@H](O)CC1)c1ccc(-c2nccc3occc23)c(F)c1. The van der Waals surface area contributed by atoms with Gasteiger partial charge in [0.25, 0.3) is 5.91 Å². The van der Waals surface area contributed by atoms with E-state index in [2.05, 4.69) is 10.3 Å². The van der Waals surface area contributed by atoms with Crippen molar-refractivity contribution in [2.45, 2.75) is 37.8 Å². The highest BCUT2D eigenvalue weighted by atomic mass is 19.1. The fourth-order valence-electron chi connectivity index (χ4n) is 3.45. The lowest BCUT2D eigenvalue weighted by Gasteiger charge is -2.26. The molecule has 0 saturated heterocycles. The number of aromatic nitrogens is 1. The van der Waals surface area contributed by atoms with Gasteiger partial charge in [-0.15, -0.1) is 0 Å². The van der Waals surface area contributed by atoms with Gasteiger partial charge in [0.15, 0.2) is 0 Å². The van der Waals surface area contributed by atoms with E-state index in [4.69, 9.17) is 4.42 Å². The van der Waals surface area contributed by atoms with E-state index in [1.165, 1.54) is 12.3 Å². The molecule has 1 aliphatic carbocycles. The van der Waals surface area contributed by atoms with E-state index in [-0.39, 0.29) is 23.6 Å². The molecule has 2 aromatic heterocycles. The summed E-state index contributed by atoms with van der Waals surface area (Å²) in [5.41, 5.74) is 1.73. The average molecular weight is 354 g/mol. The molecular weight excluding hydrogens is 335 g/mol. The second-order valence-corrected chi connectivity index (χ2v) is 6.67. The molecule has 26 heavy (non-hydrogen) atoms. The largest absolute Gasteiger partial charge is 0.464 e. The minimum absolute atomic E-state index is 0.0231. The second kappa shape index (κ2) is 6.88. The number of nitrogens with zero attached hydrogens (tertiary/aromatic N) is 1. The van der Waals surface area contributed by atoms with Crippen molar-refractivity contribution in [2.75, 3.05) is 0 Å². The van der Waals surface area contributed by atoms with Crippen LogP contribution in [0.2, 0.25) is 0 Å². The molecule has 6 heteroatoms. The quantitative estimate of drug-likeness (QED) is 0.753. The van der Waals surface area contributed by atoms with Crippen molar-refractivity contribution in [1.29, 1.82) is 0 Å². The topological polar surface area (TPSA) is 75.4 Å². The molecule has 3 aromatic rings. The summed E-state index contributed by atoms with van der Waals surface area (Å²) in [7, 11) is 0. The van der Waals surface area contributed by atoms with E-state index in [9.17, 15) is 14.3 Å². The monoisotopic (exact) mass is 354 g/mol. The minimum atomic E-state index is -0.502. The molecule has 0 unspecified atom stereocenters. The van der Waals surface area contributed by atoms with Gasteiger partial charge in [0.1, 0.15) is 11.4 Å². The summed E-state index contributed by atoms with van der Waals surface area (Å²) in [4.78, 5) is 16.7. The van der Waals surface area contributed by atoms with Crippen LogP contribution in [0.4, 0.5) is 4.39 Å². The molecule has 1 amide bonds. The van der Waals surface area contributed by atoms with Crippen LogP contribution in [-0.2, 0) is 0 Å². The van der Waals surface area contributed by atoms with Crippen molar-refractivity contribution < 1.29 is 18.7 Å². The van der Waals surface area contributed by atoms with Gasteiger partial charge in [-0.1, -0.05) is 0 Å². The third kappa shape index (κ3) is 3.20. The fourth-order valence-corrected chi connectivity index (χ4v) is 3.45. The van der Waals surface area contributed by atoms with E-state index in [1.54, 1.807) is 30.5 Å². The van der Waals surface area contributed by atoms with Crippen LogP contribution in [0.15, 0.2) is 47.2 Å². The minimum Gasteiger partial charge on any atom is -0.464 e. The van der Waals surface area contributed by atoms with Crippen LogP contribution >= 0.6 is 0 Å². The summed E-state index contributed by atoms with van der Waals surface area (Å²) >= 11 is 0. The lowest BCUT2D eigenvalue weighted by molar-refractivity contribution is 0.0867. The van der Waals surface area contributed by atoms with Gasteiger partial charge in [-0.25, -0.2) is 4.39 Å². The van der Waals surface area contributed by atoms with Gasteiger partial charge in [-0.2, -0.15) is 0 Å². The maximum Gasteiger partial charge on any atom is 0.251 e. The number of fused-ring (bicyclic) bond motifs is 1. The van der Waals surface area contributed by atoms with Crippen molar-refractivity contribution in [3.8, 4) is 11.3 Å². The molecule has 1 fully saturated rings. The highest BCUT2D eigenvalue weighted by molar-refractivity contribution is 5.96. The number of nitrogens with one attached hydrogen (secondary N) is 1. The fraction of sp³-hybridized carbons (Fsp3) is 0.300. The van der Waals surface area contributed by atoms with E-state index in [0.717, 1.165) is 18.2 Å². The highest BCUT2D eigenvalue weighted by Gasteiger charge is 2.22. The molecule has 5 nitrogen and oxygen atoms in total. The molecule has 134 valence electrons. The Morgan fingerprint density at radius 1 is 1.19 bits per heavy atom. The van der Waals surface area contributed by atoms with Crippen LogP contribution < -0.4 is 5.32 Å². The Balaban J connectivity index is 1.56. The van der Waals surface area contributed by atoms with Crippen molar-refractivity contribution in [3.63, 3.8) is 0 Å². The zero-order valence-corrected chi connectivity index (χ0v) is 14.1. The lowest BCUT2D eigenvalue weighted by Crippen LogP contribution is -2.38. The number of furan rings is 1. The number of amides is 1. The predicted molar refractivity (Wildman–Crippen MR) is 95.1 cm³/mol. The standard InChI is InChI=1S/C20H19FN2O3/c21-17-11-12(20(25)23-13-2-4-14(24)5-3-13)1-6-15(17)19-16-8-10-26-18(16)7-9-22-19/h1,6-11,13-14,24H,2-5H2,(H,23,25)/t13-,14-. The molecule has 0 aliphatic heterocycles. The number of carbonyl (C=O) groups is 1. The number of hydrogen-bond donors (Lipinski definition) is 2. The molecule has 0 radical (unpaired) electrons. The van der Waals surface area contributed by atoms with E-state index < -0.39 is 5.82 Å². The van der Waals surface area contributed by atoms with Gasteiger partial charge in [0.2, 0.25) is 0 Å². The van der Waals surface area contributed by atoms with Gasteiger partial charge in [0.05, 0.1) is 18.1 Å². The van der Waals surface area contributed by atoms with E-state index in [0.29, 0.717) is 29.7 Å². The summed E-state index contributed by atoms with van der Waals surface area (Å²) in [5, 5.41) is 13.2. The van der Waals surface area contributed by atoms with Crippen LogP contribution in [0, 0.1) is 5.82 Å². The van der Waals surface area contributed by atoms with E-state index >= 15 is 0 Å². The second-order valence-electron chi connectivity index (χ2n) is 6.67. The number of rotatable bonds is 3. The third-order valence-corrected chi connectivity index (χ3v) is 4.90. The molecule has 2 N–H and O–H groups in total. The van der Waals surface area contributed by atoms with Crippen molar-refractivity contribution in [3.05, 3.63) is 54.2 Å². The summed E-state index contributed by atoms with van der Waals surface area (Å²) in [6.45, 7) is 0. The number of pyridine rings is 1. The van der Waals surface area contributed by atoms with Gasteiger partial charge in [-0.05, 0) is 56.0 Å². The number of hydrogen-bond acceptors (Lipinski definition) is 4. The summed E-state index contributed by atoms with van der Waals surface area (Å²) in [5.74, 6) is -0.802. The van der Waals surface area contributed by atoms with Gasteiger partial charge >= 0.3 is 0 Å². The zero-order chi connectivity index (χ0) is 18.1. The molecule has 4 rings (SSSR count). The number of halogens is 1. The van der Waals surface area contributed by atoms with Crippen molar-refractivity contribution in [2.24, 2.45) is 0 Å².